The largest absolute Gasteiger partial charge is 0.324 e. The van der Waals surface area contributed by atoms with Gasteiger partial charge in [0.15, 0.2) is 0 Å². The molecule has 1 aromatic carbocycles. The van der Waals surface area contributed by atoms with Crippen molar-refractivity contribution in [2.24, 2.45) is 5.73 Å². The first-order chi connectivity index (χ1) is 8.09. The van der Waals surface area contributed by atoms with Crippen LogP contribution in [-0.4, -0.2) is 0 Å². The predicted molar refractivity (Wildman–Crippen MR) is 71.4 cm³/mol. The first kappa shape index (κ1) is 12.8. The van der Waals surface area contributed by atoms with Gasteiger partial charge in [-0.3, -0.25) is 0 Å². The average molecular weight is 290 g/mol. The van der Waals surface area contributed by atoms with E-state index in [9.17, 15) is 4.39 Å². The van der Waals surface area contributed by atoms with Crippen LogP contribution in [0.5, 0.6) is 0 Å². The van der Waals surface area contributed by atoms with Crippen molar-refractivity contribution in [2.75, 3.05) is 0 Å². The maximum Gasteiger partial charge on any atom is 0.142 e. The highest BCUT2D eigenvalue weighted by atomic mass is 35.5. The lowest BCUT2D eigenvalue weighted by molar-refractivity contribution is 0.619. The third-order valence-corrected chi connectivity index (χ3v) is 4.29. The lowest BCUT2D eigenvalue weighted by atomic mass is 10.0. The second kappa shape index (κ2) is 5.36. The van der Waals surface area contributed by atoms with Gasteiger partial charge in [-0.25, -0.2) is 4.39 Å². The fraction of sp³-hybridized carbons (Fsp3) is 0.167. The van der Waals surface area contributed by atoms with E-state index in [1.54, 1.807) is 12.1 Å². The minimum Gasteiger partial charge on any atom is -0.324 e. The average Bonchev–Trinajstić information content (AvgIpc) is 2.68. The Balaban J connectivity index is 2.23. The molecule has 5 heteroatoms. The zero-order valence-electron chi connectivity index (χ0n) is 8.79. The van der Waals surface area contributed by atoms with E-state index in [2.05, 4.69) is 0 Å². The monoisotopic (exact) mass is 289 g/mol. The molecule has 2 N–H and O–H groups in total. The number of nitrogens with two attached hydrogens (primary N) is 1. The molecule has 0 bridgehead atoms. The summed E-state index contributed by atoms with van der Waals surface area (Å²) in [6.07, 6.45) is 0.555. The summed E-state index contributed by atoms with van der Waals surface area (Å²) in [6.45, 7) is 0. The highest BCUT2D eigenvalue weighted by molar-refractivity contribution is 7.10. The Hall–Kier alpha value is -0.610. The van der Waals surface area contributed by atoms with Crippen molar-refractivity contribution in [3.05, 3.63) is 55.9 Å². The van der Waals surface area contributed by atoms with E-state index in [0.717, 1.165) is 4.88 Å². The predicted octanol–water partition coefficient (Wildman–Crippen LogP) is 4.44. The normalized spacial score (nSPS) is 12.7. The Bertz CT molecular complexity index is 527. The van der Waals surface area contributed by atoms with Gasteiger partial charge >= 0.3 is 0 Å². The van der Waals surface area contributed by atoms with Crippen molar-refractivity contribution in [3.8, 4) is 0 Å². The molecule has 1 aromatic heterocycles. The van der Waals surface area contributed by atoms with E-state index < -0.39 is 5.82 Å². The molecular formula is C12H10Cl2FNS. The summed E-state index contributed by atoms with van der Waals surface area (Å²) in [4.78, 5) is 0.986. The van der Waals surface area contributed by atoms with Gasteiger partial charge in [-0.15, -0.1) is 11.3 Å². The van der Waals surface area contributed by atoms with Crippen molar-refractivity contribution >= 4 is 34.5 Å². The minimum absolute atomic E-state index is 0.0904. The molecule has 1 heterocycles. The van der Waals surface area contributed by atoms with E-state index in [1.807, 2.05) is 11.4 Å². The number of hydrogen-bond acceptors (Lipinski definition) is 2. The molecule has 0 spiro atoms. The summed E-state index contributed by atoms with van der Waals surface area (Å²) >= 11 is 13.4. The molecule has 1 atom stereocenters. The first-order valence-corrected chi connectivity index (χ1v) is 6.64. The lowest BCUT2D eigenvalue weighted by Gasteiger charge is -2.13. The van der Waals surface area contributed by atoms with E-state index in [0.29, 0.717) is 17.0 Å². The van der Waals surface area contributed by atoms with Crippen LogP contribution < -0.4 is 5.73 Å². The van der Waals surface area contributed by atoms with Gasteiger partial charge in [-0.2, -0.15) is 0 Å². The quantitative estimate of drug-likeness (QED) is 0.888. The molecule has 1 nitrogen and oxygen atoms in total. The van der Waals surface area contributed by atoms with Crippen LogP contribution in [0.1, 0.15) is 16.5 Å². The lowest BCUT2D eigenvalue weighted by Crippen LogP contribution is -2.13. The highest BCUT2D eigenvalue weighted by Crippen LogP contribution is 2.30. The zero-order chi connectivity index (χ0) is 12.4. The fourth-order valence-corrected chi connectivity index (χ4v) is 3.03. The molecule has 1 unspecified atom stereocenters. The molecule has 0 aliphatic carbocycles. The molecular weight excluding hydrogens is 280 g/mol. The van der Waals surface area contributed by atoms with Gasteiger partial charge < -0.3 is 5.73 Å². The maximum absolute atomic E-state index is 13.3. The molecule has 0 fully saturated rings. The van der Waals surface area contributed by atoms with E-state index in [1.165, 1.54) is 17.4 Å². The van der Waals surface area contributed by atoms with Crippen molar-refractivity contribution < 1.29 is 4.39 Å². The molecule has 90 valence electrons. The Kier molecular flexibility index (Phi) is 4.05. The number of rotatable bonds is 3. The highest BCUT2D eigenvalue weighted by Gasteiger charge is 2.15. The van der Waals surface area contributed by atoms with Gasteiger partial charge in [-0.05, 0) is 23.1 Å². The topological polar surface area (TPSA) is 26.0 Å². The van der Waals surface area contributed by atoms with E-state index in [-0.39, 0.29) is 11.1 Å². The van der Waals surface area contributed by atoms with Gasteiger partial charge in [0.05, 0.1) is 10.0 Å². The van der Waals surface area contributed by atoms with E-state index in [4.69, 9.17) is 28.9 Å². The summed E-state index contributed by atoms with van der Waals surface area (Å²) in [6, 6.07) is 6.12. The summed E-state index contributed by atoms with van der Waals surface area (Å²) in [5.74, 6) is -0.447. The maximum atomic E-state index is 13.3. The zero-order valence-corrected chi connectivity index (χ0v) is 11.1. The van der Waals surface area contributed by atoms with Crippen LogP contribution in [0.25, 0.3) is 0 Å². The van der Waals surface area contributed by atoms with Crippen molar-refractivity contribution in [3.63, 3.8) is 0 Å². The second-order valence-electron chi connectivity index (χ2n) is 3.65. The number of halogens is 3. The Morgan fingerprint density at radius 1 is 1.29 bits per heavy atom. The van der Waals surface area contributed by atoms with Gasteiger partial charge in [0.25, 0.3) is 0 Å². The Morgan fingerprint density at radius 3 is 2.71 bits per heavy atom. The molecule has 0 amide bonds. The van der Waals surface area contributed by atoms with Gasteiger partial charge in [0.1, 0.15) is 5.82 Å². The van der Waals surface area contributed by atoms with Crippen LogP contribution in [0, 0.1) is 5.82 Å². The van der Waals surface area contributed by atoms with Crippen LogP contribution in [0.15, 0.2) is 29.6 Å². The molecule has 2 aromatic rings. The van der Waals surface area contributed by atoms with Gasteiger partial charge in [0.2, 0.25) is 0 Å². The van der Waals surface area contributed by atoms with Gasteiger partial charge in [0, 0.05) is 17.3 Å². The molecule has 0 saturated carbocycles. The Morgan fingerprint density at radius 2 is 2.06 bits per heavy atom. The second-order valence-corrected chi connectivity index (χ2v) is 5.43. The van der Waals surface area contributed by atoms with Crippen molar-refractivity contribution in [1.29, 1.82) is 0 Å². The molecule has 0 aliphatic heterocycles. The summed E-state index contributed by atoms with van der Waals surface area (Å²) in [5, 5.41) is 2.68. The number of hydrogen-bond donors (Lipinski definition) is 1. The van der Waals surface area contributed by atoms with Crippen molar-refractivity contribution in [1.82, 2.24) is 0 Å². The summed E-state index contributed by atoms with van der Waals surface area (Å²) in [5.41, 5.74) is 6.63. The van der Waals surface area contributed by atoms with Crippen LogP contribution in [-0.2, 0) is 6.42 Å². The Labute approximate surface area is 113 Å². The summed E-state index contributed by atoms with van der Waals surface area (Å²) < 4.78 is 13.3. The first-order valence-electron chi connectivity index (χ1n) is 5.01. The van der Waals surface area contributed by atoms with Crippen molar-refractivity contribution in [2.45, 2.75) is 12.5 Å². The molecule has 0 saturated heterocycles. The third-order valence-electron chi connectivity index (χ3n) is 2.48. The SMILES string of the molecule is NC(Cc1sccc1Cl)c1cccc(F)c1Cl. The fourth-order valence-electron chi connectivity index (χ4n) is 1.59. The molecule has 0 aliphatic rings. The molecule has 2 rings (SSSR count). The smallest absolute Gasteiger partial charge is 0.142 e. The molecule has 17 heavy (non-hydrogen) atoms. The number of benzene rings is 1. The third kappa shape index (κ3) is 2.80. The van der Waals surface area contributed by atoms with Crippen LogP contribution >= 0.6 is 34.5 Å². The van der Waals surface area contributed by atoms with Crippen LogP contribution in [0.3, 0.4) is 0 Å². The molecule has 0 radical (unpaired) electrons. The van der Waals surface area contributed by atoms with Gasteiger partial charge in [-0.1, -0.05) is 35.3 Å². The minimum atomic E-state index is -0.447. The summed E-state index contributed by atoms with van der Waals surface area (Å²) in [7, 11) is 0. The number of thiophene rings is 1. The van der Waals surface area contributed by atoms with E-state index >= 15 is 0 Å². The standard InChI is InChI=1S/C12H10Cl2FNS/c13-8-4-5-17-11(8)6-10(16)7-2-1-3-9(15)12(7)14/h1-5,10H,6,16H2. The van der Waals surface area contributed by atoms with Crippen LogP contribution in [0.4, 0.5) is 4.39 Å². The van der Waals surface area contributed by atoms with Crippen LogP contribution in [0.2, 0.25) is 10.0 Å².